The Balaban J connectivity index is 1.77. The highest BCUT2D eigenvalue weighted by molar-refractivity contribution is 7.90. The van der Waals surface area contributed by atoms with Gasteiger partial charge in [-0.3, -0.25) is 19.2 Å². The molecular weight excluding hydrogens is 685 g/mol. The Morgan fingerprint density at radius 1 is 1.02 bits per heavy atom. The molecule has 0 aliphatic carbocycles. The van der Waals surface area contributed by atoms with Crippen LogP contribution in [0.4, 0.5) is 0 Å². The molecule has 1 aliphatic rings. The summed E-state index contributed by atoms with van der Waals surface area (Å²) < 4.78 is 27.5. The second kappa shape index (κ2) is 21.2. The number of carbonyl (C=O) groups excluding carboxylic acids is 4. The number of nitrogens with one attached hydrogen (secondary N) is 3. The van der Waals surface area contributed by atoms with Gasteiger partial charge in [0.1, 0.15) is 17.4 Å². The van der Waals surface area contributed by atoms with Crippen LogP contribution in [0.3, 0.4) is 0 Å². The first-order valence-corrected chi connectivity index (χ1v) is 19.2. The summed E-state index contributed by atoms with van der Waals surface area (Å²) in [7, 11) is 6.54. The van der Waals surface area contributed by atoms with Crippen LogP contribution < -0.4 is 21.1 Å². The third kappa shape index (κ3) is 11.5. The summed E-state index contributed by atoms with van der Waals surface area (Å²) in [6.07, 6.45) is 1.16. The van der Waals surface area contributed by atoms with Crippen LogP contribution in [0.2, 0.25) is 0 Å². The molecule has 5 N–H and O–H groups in total. The van der Waals surface area contributed by atoms with Crippen LogP contribution in [0.25, 0.3) is 0 Å². The maximum atomic E-state index is 14.0. The van der Waals surface area contributed by atoms with Crippen LogP contribution in [0.15, 0.2) is 59.5 Å². The van der Waals surface area contributed by atoms with Crippen molar-refractivity contribution in [3.05, 3.63) is 65.7 Å². The first-order chi connectivity index (χ1) is 24.9. The first-order valence-electron chi connectivity index (χ1n) is 18.0. The number of likely N-dealkylation sites (tertiary alicyclic amines) is 1. The largest absolute Gasteiger partial charge is 0.588 e. The summed E-state index contributed by atoms with van der Waals surface area (Å²) in [5.41, 5.74) is 7.35. The SMILES string of the molecule is CCC(C)C(C(CC(=O)N1CCCC1C(OC)C(C)C(=O)NC(Cc1ccccc1)C(=O)N[S+]([O-])c1ccc(CN)cc1)OC)N(C)C(=O)CNC. The molecule has 4 amide bonds. The fourth-order valence-corrected chi connectivity index (χ4v) is 7.76. The normalized spacial score (nSPS) is 18.4. The lowest BCUT2D eigenvalue weighted by Gasteiger charge is -2.39. The number of nitrogens with two attached hydrogens (primary N) is 1. The van der Waals surface area contributed by atoms with Gasteiger partial charge in [0.05, 0.1) is 43.2 Å². The summed E-state index contributed by atoms with van der Waals surface area (Å²) in [5.74, 6) is -1.94. The Morgan fingerprint density at radius 2 is 1.69 bits per heavy atom. The number of hydrogen-bond acceptors (Lipinski definition) is 9. The first kappa shape index (κ1) is 42.9. The van der Waals surface area contributed by atoms with Crippen LogP contribution in [-0.2, 0) is 53.0 Å². The average molecular weight is 743 g/mol. The van der Waals surface area contributed by atoms with Crippen molar-refractivity contribution in [3.63, 3.8) is 0 Å². The summed E-state index contributed by atoms with van der Waals surface area (Å²) >= 11 is -1.87. The molecule has 2 aromatic carbocycles. The molecule has 52 heavy (non-hydrogen) atoms. The predicted molar refractivity (Wildman–Crippen MR) is 201 cm³/mol. The van der Waals surface area contributed by atoms with E-state index in [2.05, 4.69) is 15.4 Å². The van der Waals surface area contributed by atoms with Gasteiger partial charge in [-0.05, 0) is 49.1 Å². The molecule has 3 rings (SSSR count). The Morgan fingerprint density at radius 3 is 2.27 bits per heavy atom. The Labute approximate surface area is 312 Å². The zero-order chi connectivity index (χ0) is 38.4. The summed E-state index contributed by atoms with van der Waals surface area (Å²) in [5, 5.41) is 5.79. The molecule has 0 aromatic heterocycles. The van der Waals surface area contributed by atoms with Crippen molar-refractivity contribution in [1.82, 2.24) is 25.2 Å². The highest BCUT2D eigenvalue weighted by Crippen LogP contribution is 2.29. The van der Waals surface area contributed by atoms with Crippen LogP contribution in [0.5, 0.6) is 0 Å². The molecule has 0 saturated carbocycles. The number of ether oxygens (including phenoxy) is 2. The molecule has 1 fully saturated rings. The number of amides is 4. The van der Waals surface area contributed by atoms with E-state index in [1.807, 2.05) is 44.2 Å². The Bertz CT molecular complexity index is 1430. The maximum absolute atomic E-state index is 14.0. The molecule has 2 aromatic rings. The van der Waals surface area contributed by atoms with E-state index in [0.717, 1.165) is 24.0 Å². The molecule has 288 valence electrons. The third-order valence-corrected chi connectivity index (χ3v) is 11.2. The van der Waals surface area contributed by atoms with E-state index in [9.17, 15) is 23.7 Å². The van der Waals surface area contributed by atoms with Crippen LogP contribution in [0, 0.1) is 11.8 Å². The highest BCUT2D eigenvalue weighted by Gasteiger charge is 2.42. The van der Waals surface area contributed by atoms with Crippen molar-refractivity contribution in [3.8, 4) is 0 Å². The Kier molecular flexibility index (Phi) is 17.5. The van der Waals surface area contributed by atoms with Crippen molar-refractivity contribution in [2.45, 2.75) is 94.6 Å². The number of nitrogens with zero attached hydrogens (tertiary/aromatic N) is 2. The van der Waals surface area contributed by atoms with Gasteiger partial charge in [-0.1, -0.05) is 69.7 Å². The van der Waals surface area contributed by atoms with E-state index in [0.29, 0.717) is 24.4 Å². The lowest BCUT2D eigenvalue weighted by molar-refractivity contribution is -0.145. The highest BCUT2D eigenvalue weighted by atomic mass is 32.2. The number of likely N-dealkylation sites (N-methyl/N-ethyl adjacent to an activating group) is 2. The molecule has 1 heterocycles. The number of hydrogen-bond donors (Lipinski definition) is 4. The molecular formula is C38H58N6O7S. The number of methoxy groups -OCH3 is 2. The fourth-order valence-electron chi connectivity index (χ4n) is 6.93. The van der Waals surface area contributed by atoms with Gasteiger partial charge < -0.3 is 40.2 Å². The minimum Gasteiger partial charge on any atom is -0.588 e. The van der Waals surface area contributed by atoms with Crippen molar-refractivity contribution >= 4 is 35.0 Å². The molecule has 8 atom stereocenters. The van der Waals surface area contributed by atoms with Crippen molar-refractivity contribution < 1.29 is 33.2 Å². The van der Waals surface area contributed by atoms with E-state index in [1.165, 1.54) is 7.11 Å². The minimum absolute atomic E-state index is 0.0571. The smallest absolute Gasteiger partial charge is 0.284 e. The fraction of sp³-hybridized carbons (Fsp3) is 0.579. The summed E-state index contributed by atoms with van der Waals surface area (Å²) in [6, 6.07) is 14.3. The summed E-state index contributed by atoms with van der Waals surface area (Å²) in [6.45, 7) is 6.82. The van der Waals surface area contributed by atoms with Crippen LogP contribution in [-0.4, -0.2) is 110 Å². The van der Waals surface area contributed by atoms with Gasteiger partial charge in [0.25, 0.3) is 5.91 Å². The molecule has 1 saturated heterocycles. The second-order valence-electron chi connectivity index (χ2n) is 13.5. The second-order valence-corrected chi connectivity index (χ2v) is 14.7. The molecule has 8 unspecified atom stereocenters. The van der Waals surface area contributed by atoms with Gasteiger partial charge in [0.15, 0.2) is 4.90 Å². The van der Waals surface area contributed by atoms with Gasteiger partial charge in [-0.15, -0.1) is 0 Å². The molecule has 0 spiro atoms. The lowest BCUT2D eigenvalue weighted by atomic mass is 9.90. The number of benzene rings is 2. The molecule has 0 radical (unpaired) electrons. The number of rotatable bonds is 20. The van der Waals surface area contributed by atoms with E-state index >= 15 is 0 Å². The molecule has 1 aliphatic heterocycles. The zero-order valence-corrected chi connectivity index (χ0v) is 32.4. The van der Waals surface area contributed by atoms with E-state index < -0.39 is 53.4 Å². The van der Waals surface area contributed by atoms with Crippen molar-refractivity contribution in [2.24, 2.45) is 17.6 Å². The number of carbonyl (C=O) groups is 4. The minimum atomic E-state index is -1.87. The van der Waals surface area contributed by atoms with Crippen molar-refractivity contribution in [1.29, 1.82) is 0 Å². The van der Waals surface area contributed by atoms with Crippen LogP contribution >= 0.6 is 0 Å². The third-order valence-electron chi connectivity index (χ3n) is 10.1. The van der Waals surface area contributed by atoms with Crippen LogP contribution in [0.1, 0.15) is 57.6 Å². The Hall–Kier alpha value is -3.53. The zero-order valence-electron chi connectivity index (χ0n) is 31.6. The quantitative estimate of drug-likeness (QED) is 0.148. The van der Waals surface area contributed by atoms with E-state index in [-0.39, 0.29) is 43.2 Å². The monoisotopic (exact) mass is 742 g/mol. The predicted octanol–water partition coefficient (Wildman–Crippen LogP) is 2.15. The lowest BCUT2D eigenvalue weighted by Crippen LogP contribution is -2.55. The van der Waals surface area contributed by atoms with E-state index in [4.69, 9.17) is 15.2 Å². The van der Waals surface area contributed by atoms with Gasteiger partial charge in [0.2, 0.25) is 17.7 Å². The maximum Gasteiger partial charge on any atom is 0.284 e. The molecule has 13 nitrogen and oxygen atoms in total. The summed E-state index contributed by atoms with van der Waals surface area (Å²) in [4.78, 5) is 58.1. The van der Waals surface area contributed by atoms with Gasteiger partial charge in [0, 0.05) is 40.8 Å². The van der Waals surface area contributed by atoms with E-state index in [1.54, 1.807) is 62.2 Å². The van der Waals surface area contributed by atoms with Gasteiger partial charge in [-0.2, -0.15) is 4.72 Å². The molecule has 14 heteroatoms. The topological polar surface area (TPSA) is 178 Å². The average Bonchev–Trinajstić information content (AvgIpc) is 3.64. The standard InChI is InChI=1S/C38H58N6O7S/c1-8-25(2)35(43(5)34(46)24-40-4)32(50-6)22-33(45)44-20-12-15-31(44)36(51-7)26(3)37(47)41-30(21-27-13-10-9-11-14-27)38(48)42-52(49)29-18-16-28(23-39)17-19-29/h9-11,13-14,16-19,25-26,30-32,35-36,40H,8,12,15,20-24,39H2,1-7H3,(H,41,47)(H,42,48). The van der Waals surface area contributed by atoms with Gasteiger partial charge >= 0.3 is 0 Å². The molecule has 0 bridgehead atoms. The van der Waals surface area contributed by atoms with Gasteiger partial charge in [-0.25, -0.2) is 0 Å². The van der Waals surface area contributed by atoms with Crippen molar-refractivity contribution in [2.75, 3.05) is 41.4 Å².